The van der Waals surface area contributed by atoms with Crippen molar-refractivity contribution in [2.45, 2.75) is 40.3 Å². The van der Waals surface area contributed by atoms with Gasteiger partial charge >= 0.3 is 11.9 Å². The number of ether oxygens (including phenoxy) is 2. The minimum atomic E-state index is -1.49. The number of carboxylic acids is 1. The van der Waals surface area contributed by atoms with E-state index in [-0.39, 0.29) is 45.6 Å². The first-order valence-corrected chi connectivity index (χ1v) is 12.3. The van der Waals surface area contributed by atoms with Crippen LogP contribution in [0.15, 0.2) is 41.2 Å². The summed E-state index contributed by atoms with van der Waals surface area (Å²) in [6, 6.07) is 8.00. The van der Waals surface area contributed by atoms with E-state index >= 15 is 4.39 Å². The first kappa shape index (κ1) is 28.4. The van der Waals surface area contributed by atoms with Crippen molar-refractivity contribution in [2.75, 3.05) is 13.2 Å². The van der Waals surface area contributed by atoms with Gasteiger partial charge in [0, 0.05) is 30.0 Å². The molecular formula is C27H26Cl2FNO6. The molecule has 196 valence electrons. The van der Waals surface area contributed by atoms with Crippen LogP contribution in [0.1, 0.15) is 47.2 Å². The van der Waals surface area contributed by atoms with E-state index in [1.807, 2.05) is 6.92 Å². The maximum absolute atomic E-state index is 15.1. The third kappa shape index (κ3) is 5.87. The molecule has 2 aromatic carbocycles. The number of pyridine rings is 1. The van der Waals surface area contributed by atoms with E-state index in [2.05, 4.69) is 0 Å². The normalized spacial score (nSPS) is 11.9. The first-order chi connectivity index (χ1) is 17.5. The Hall–Kier alpha value is -3.20. The van der Waals surface area contributed by atoms with E-state index in [1.54, 1.807) is 31.4 Å². The van der Waals surface area contributed by atoms with Gasteiger partial charge in [-0.15, -0.1) is 0 Å². The Morgan fingerprint density at radius 3 is 2.41 bits per heavy atom. The molecule has 7 nitrogen and oxygen atoms in total. The van der Waals surface area contributed by atoms with Crippen molar-refractivity contribution in [2.24, 2.45) is 0 Å². The third-order valence-corrected chi connectivity index (χ3v) is 6.53. The zero-order valence-corrected chi connectivity index (χ0v) is 22.2. The summed E-state index contributed by atoms with van der Waals surface area (Å²) >= 11 is 12.2. The number of esters is 1. The highest BCUT2D eigenvalue weighted by Gasteiger charge is 2.27. The van der Waals surface area contributed by atoms with Crippen LogP contribution >= 0.6 is 23.2 Å². The molecule has 0 spiro atoms. The molecule has 1 N–H and O–H groups in total. The van der Waals surface area contributed by atoms with Gasteiger partial charge in [-0.05, 0) is 58.0 Å². The molecule has 1 aromatic heterocycles. The van der Waals surface area contributed by atoms with Crippen LogP contribution in [0.3, 0.4) is 0 Å². The molecule has 0 amide bonds. The molecule has 0 radical (unpaired) electrons. The second-order valence-electron chi connectivity index (χ2n) is 8.26. The fourth-order valence-electron chi connectivity index (χ4n) is 4.10. The van der Waals surface area contributed by atoms with Crippen molar-refractivity contribution < 1.29 is 28.6 Å². The molecule has 10 heteroatoms. The number of hydrogen-bond acceptors (Lipinski definition) is 5. The zero-order chi connectivity index (χ0) is 27.4. The number of benzene rings is 2. The van der Waals surface area contributed by atoms with Crippen LogP contribution in [0.4, 0.5) is 4.39 Å². The lowest BCUT2D eigenvalue weighted by atomic mass is 9.95. The topological polar surface area (TPSA) is 94.8 Å². The molecule has 0 aliphatic rings. The van der Waals surface area contributed by atoms with E-state index in [1.165, 1.54) is 24.3 Å². The van der Waals surface area contributed by atoms with Crippen LogP contribution < -0.4 is 5.43 Å². The number of carbonyl (C=O) groups excluding carboxylic acids is 1. The Balaban J connectivity index is 2.25. The lowest BCUT2D eigenvalue weighted by Gasteiger charge is -2.22. The van der Waals surface area contributed by atoms with Gasteiger partial charge in [0.2, 0.25) is 5.43 Å². The number of carboxylic acid groups (broad SMARTS) is 1. The average Bonchev–Trinajstić information content (AvgIpc) is 2.84. The largest absolute Gasteiger partial charge is 0.477 e. The number of carbonyl (C=O) groups is 2. The number of hydrogen-bond donors (Lipinski definition) is 1. The Morgan fingerprint density at radius 2 is 1.81 bits per heavy atom. The number of rotatable bonds is 9. The van der Waals surface area contributed by atoms with Gasteiger partial charge < -0.3 is 19.1 Å². The van der Waals surface area contributed by atoms with Crippen LogP contribution in [-0.4, -0.2) is 40.9 Å². The highest BCUT2D eigenvalue weighted by molar-refractivity contribution is 6.42. The van der Waals surface area contributed by atoms with Gasteiger partial charge in [0.15, 0.2) is 0 Å². The fraction of sp³-hybridized carbons (Fsp3) is 0.296. The lowest BCUT2D eigenvalue weighted by molar-refractivity contribution is 0.00438. The van der Waals surface area contributed by atoms with Gasteiger partial charge in [-0.25, -0.2) is 14.0 Å². The average molecular weight is 550 g/mol. The molecule has 0 bridgehead atoms. The smallest absolute Gasteiger partial charge is 0.341 e. The summed E-state index contributed by atoms with van der Waals surface area (Å²) in [4.78, 5) is 38.6. The summed E-state index contributed by atoms with van der Waals surface area (Å²) in [6.07, 6.45) is -0.552. The molecule has 0 aliphatic carbocycles. The summed E-state index contributed by atoms with van der Waals surface area (Å²) in [5.41, 5.74) is -1.04. The number of aromatic nitrogens is 1. The minimum Gasteiger partial charge on any atom is -0.477 e. The van der Waals surface area contributed by atoms with Crippen molar-refractivity contribution in [3.05, 3.63) is 79.3 Å². The summed E-state index contributed by atoms with van der Waals surface area (Å²) in [5, 5.41) is 10.5. The summed E-state index contributed by atoms with van der Waals surface area (Å²) < 4.78 is 27.3. The van der Waals surface area contributed by atoms with E-state index in [4.69, 9.17) is 32.7 Å². The summed E-state index contributed by atoms with van der Waals surface area (Å²) in [6.45, 7) is 7.71. The zero-order valence-electron chi connectivity index (χ0n) is 20.7. The second-order valence-corrected chi connectivity index (χ2v) is 9.08. The van der Waals surface area contributed by atoms with E-state index in [0.29, 0.717) is 17.9 Å². The second kappa shape index (κ2) is 11.9. The molecular weight excluding hydrogens is 524 g/mol. The van der Waals surface area contributed by atoms with Gasteiger partial charge in [0.1, 0.15) is 17.5 Å². The molecule has 3 rings (SSSR count). The predicted octanol–water partition coefficient (Wildman–Crippen LogP) is 6.24. The molecule has 3 aromatic rings. The van der Waals surface area contributed by atoms with E-state index in [0.717, 1.165) is 6.07 Å². The molecule has 37 heavy (non-hydrogen) atoms. The SMILES string of the molecule is CCOCC(C)OC(=O)c1ccc(F)c(-c2c(C)n(CC)c(-c3ccc(Cl)c(Cl)c3)c(C(=O)O)c2=O)c1. The first-order valence-electron chi connectivity index (χ1n) is 11.6. The van der Waals surface area contributed by atoms with E-state index in [9.17, 15) is 19.5 Å². The Kier molecular flexibility index (Phi) is 9.12. The Morgan fingerprint density at radius 1 is 1.11 bits per heavy atom. The van der Waals surface area contributed by atoms with Gasteiger partial charge in [-0.3, -0.25) is 4.79 Å². The maximum Gasteiger partial charge on any atom is 0.341 e. The van der Waals surface area contributed by atoms with E-state index < -0.39 is 34.9 Å². The van der Waals surface area contributed by atoms with Crippen LogP contribution in [0.5, 0.6) is 0 Å². The standard InChI is InChI=1S/C27H26Cl2FNO6/c1-5-31-15(4)22(18-11-17(8-10-21(18)30)27(35)37-14(3)13-36-6-2)25(32)23(26(33)34)24(31)16-7-9-19(28)20(29)12-16/h7-12,14H,5-6,13H2,1-4H3,(H,33,34). The van der Waals surface area contributed by atoms with Crippen molar-refractivity contribution in [1.82, 2.24) is 4.57 Å². The molecule has 1 heterocycles. The van der Waals surface area contributed by atoms with Gasteiger partial charge in [0.05, 0.1) is 33.5 Å². The molecule has 0 saturated heterocycles. The Labute approximate surface area is 223 Å². The number of nitrogens with zero attached hydrogens (tertiary/aromatic N) is 1. The van der Waals surface area contributed by atoms with Crippen LogP contribution in [0.2, 0.25) is 10.0 Å². The highest BCUT2D eigenvalue weighted by Crippen LogP contribution is 2.34. The van der Waals surface area contributed by atoms with Crippen molar-refractivity contribution in [3.63, 3.8) is 0 Å². The third-order valence-electron chi connectivity index (χ3n) is 5.79. The van der Waals surface area contributed by atoms with Crippen LogP contribution in [0.25, 0.3) is 22.4 Å². The van der Waals surface area contributed by atoms with Crippen molar-refractivity contribution in [3.8, 4) is 22.4 Å². The van der Waals surface area contributed by atoms with Gasteiger partial charge in [-0.2, -0.15) is 0 Å². The molecule has 0 fully saturated rings. The molecule has 0 saturated carbocycles. The summed E-state index contributed by atoms with van der Waals surface area (Å²) in [5.74, 6) is -3.01. The van der Waals surface area contributed by atoms with Gasteiger partial charge in [0.25, 0.3) is 0 Å². The fourth-order valence-corrected chi connectivity index (χ4v) is 4.40. The van der Waals surface area contributed by atoms with Crippen LogP contribution in [0, 0.1) is 12.7 Å². The van der Waals surface area contributed by atoms with Crippen molar-refractivity contribution in [1.29, 1.82) is 0 Å². The quantitative estimate of drug-likeness (QED) is 0.317. The minimum absolute atomic E-state index is 0.00651. The monoisotopic (exact) mass is 549 g/mol. The van der Waals surface area contributed by atoms with Gasteiger partial charge in [-0.1, -0.05) is 29.3 Å². The number of aromatic carboxylic acids is 1. The lowest BCUT2D eigenvalue weighted by Crippen LogP contribution is -2.25. The summed E-state index contributed by atoms with van der Waals surface area (Å²) in [7, 11) is 0. The molecule has 1 unspecified atom stereocenters. The predicted molar refractivity (Wildman–Crippen MR) is 140 cm³/mol. The molecule has 0 aliphatic heterocycles. The maximum atomic E-state index is 15.1. The van der Waals surface area contributed by atoms with Crippen LogP contribution in [-0.2, 0) is 16.0 Å². The highest BCUT2D eigenvalue weighted by atomic mass is 35.5. The Bertz CT molecular complexity index is 1420. The van der Waals surface area contributed by atoms with Crippen molar-refractivity contribution >= 4 is 35.1 Å². The number of halogens is 3. The molecule has 1 atom stereocenters.